The van der Waals surface area contributed by atoms with Crippen LogP contribution in [0, 0.1) is 0 Å². The summed E-state index contributed by atoms with van der Waals surface area (Å²) in [4.78, 5) is 12.3. The number of aryl methyl sites for hydroxylation is 1. The molecule has 1 aromatic heterocycles. The predicted octanol–water partition coefficient (Wildman–Crippen LogP) is 5.10. The van der Waals surface area contributed by atoms with Crippen LogP contribution < -0.4 is 5.32 Å². The Morgan fingerprint density at radius 2 is 1.88 bits per heavy atom. The van der Waals surface area contributed by atoms with Gasteiger partial charge < -0.3 is 9.88 Å². The summed E-state index contributed by atoms with van der Waals surface area (Å²) in [6.07, 6.45) is -2.65. The summed E-state index contributed by atoms with van der Waals surface area (Å²) in [5, 5.41) is 3.44. The van der Waals surface area contributed by atoms with Crippen LogP contribution in [0.15, 0.2) is 48.7 Å². The molecule has 0 saturated carbocycles. The molecule has 7 heteroatoms. The normalized spacial score (nSPS) is 11.7. The lowest BCUT2D eigenvalue weighted by Gasteiger charge is -2.12. The van der Waals surface area contributed by atoms with Crippen molar-refractivity contribution in [1.82, 2.24) is 4.57 Å². The summed E-state index contributed by atoms with van der Waals surface area (Å²) in [6.45, 7) is 0. The van der Waals surface area contributed by atoms with Crippen molar-refractivity contribution >= 4 is 34.1 Å². The number of halogens is 4. The molecule has 0 fully saturated rings. The van der Waals surface area contributed by atoms with E-state index in [1.165, 1.54) is 0 Å². The molecule has 0 atom stereocenters. The minimum Gasteiger partial charge on any atom is -0.351 e. The number of rotatable bonds is 2. The standard InChI is InChI=1S/C17H12ClF3N2O/c1-23-7-6-10-2-3-11(8-15(10)23)16(24)22-14-9-12(17(19,20)21)4-5-13(14)18/h2-9H,1H3,(H,22,24). The molecule has 1 heterocycles. The van der Waals surface area contributed by atoms with Crippen molar-refractivity contribution in [3.63, 3.8) is 0 Å². The second-order valence-corrected chi connectivity index (χ2v) is 5.75. The van der Waals surface area contributed by atoms with E-state index in [2.05, 4.69) is 5.32 Å². The molecular weight excluding hydrogens is 341 g/mol. The predicted molar refractivity (Wildman–Crippen MR) is 87.3 cm³/mol. The number of hydrogen-bond acceptors (Lipinski definition) is 1. The number of hydrogen-bond donors (Lipinski definition) is 1. The molecule has 0 spiro atoms. The molecule has 0 aliphatic rings. The van der Waals surface area contributed by atoms with Gasteiger partial charge in [0.25, 0.3) is 5.91 Å². The number of nitrogens with one attached hydrogen (secondary N) is 1. The zero-order valence-corrected chi connectivity index (χ0v) is 13.2. The van der Waals surface area contributed by atoms with Gasteiger partial charge in [-0.2, -0.15) is 13.2 Å². The third-order valence-electron chi connectivity index (χ3n) is 3.69. The molecule has 124 valence electrons. The molecule has 0 aliphatic heterocycles. The fourth-order valence-electron chi connectivity index (χ4n) is 2.40. The summed E-state index contributed by atoms with van der Waals surface area (Å²) in [5.74, 6) is -0.528. The van der Waals surface area contributed by atoms with Crippen molar-refractivity contribution in [1.29, 1.82) is 0 Å². The fourth-order valence-corrected chi connectivity index (χ4v) is 2.56. The summed E-state index contributed by atoms with van der Waals surface area (Å²) in [5.41, 5.74) is 0.221. The van der Waals surface area contributed by atoms with Gasteiger partial charge in [-0.15, -0.1) is 0 Å². The van der Waals surface area contributed by atoms with Crippen LogP contribution in [0.25, 0.3) is 10.9 Å². The Morgan fingerprint density at radius 1 is 1.12 bits per heavy atom. The van der Waals surface area contributed by atoms with E-state index >= 15 is 0 Å². The van der Waals surface area contributed by atoms with E-state index in [-0.39, 0.29) is 10.7 Å². The van der Waals surface area contributed by atoms with Gasteiger partial charge in [0.05, 0.1) is 16.3 Å². The fraction of sp³-hybridized carbons (Fsp3) is 0.118. The lowest BCUT2D eigenvalue weighted by molar-refractivity contribution is -0.137. The average Bonchev–Trinajstić information content (AvgIpc) is 2.89. The van der Waals surface area contributed by atoms with Crippen LogP contribution >= 0.6 is 11.6 Å². The summed E-state index contributed by atoms with van der Waals surface area (Å²) < 4.78 is 40.2. The number of nitrogens with zero attached hydrogens (tertiary/aromatic N) is 1. The number of anilines is 1. The maximum absolute atomic E-state index is 12.8. The van der Waals surface area contributed by atoms with E-state index in [4.69, 9.17) is 11.6 Å². The van der Waals surface area contributed by atoms with Gasteiger partial charge in [0, 0.05) is 24.3 Å². The van der Waals surface area contributed by atoms with E-state index in [1.54, 1.807) is 18.2 Å². The van der Waals surface area contributed by atoms with Crippen LogP contribution in [0.5, 0.6) is 0 Å². The molecule has 0 aliphatic carbocycles. The van der Waals surface area contributed by atoms with E-state index in [1.807, 2.05) is 23.9 Å². The monoisotopic (exact) mass is 352 g/mol. The van der Waals surface area contributed by atoms with Crippen molar-refractivity contribution in [2.24, 2.45) is 7.05 Å². The lowest BCUT2D eigenvalue weighted by atomic mass is 10.1. The molecule has 0 saturated heterocycles. The van der Waals surface area contributed by atoms with Gasteiger partial charge in [-0.25, -0.2) is 0 Å². The molecule has 3 aromatic rings. The van der Waals surface area contributed by atoms with E-state index in [0.29, 0.717) is 5.56 Å². The first-order valence-electron chi connectivity index (χ1n) is 6.99. The summed E-state index contributed by atoms with van der Waals surface area (Å²) in [6, 6.07) is 9.76. The summed E-state index contributed by atoms with van der Waals surface area (Å²) in [7, 11) is 1.84. The van der Waals surface area contributed by atoms with Gasteiger partial charge in [0.15, 0.2) is 0 Å². The molecule has 1 amide bonds. The third kappa shape index (κ3) is 3.10. The second-order valence-electron chi connectivity index (χ2n) is 5.35. The Morgan fingerprint density at radius 3 is 2.58 bits per heavy atom. The largest absolute Gasteiger partial charge is 0.416 e. The van der Waals surface area contributed by atoms with Crippen LogP contribution in [0.3, 0.4) is 0 Å². The first kappa shape index (κ1) is 16.4. The highest BCUT2D eigenvalue weighted by Gasteiger charge is 2.31. The van der Waals surface area contributed by atoms with E-state index < -0.39 is 17.6 Å². The van der Waals surface area contributed by atoms with Crippen LogP contribution in [-0.2, 0) is 13.2 Å². The number of benzene rings is 2. The smallest absolute Gasteiger partial charge is 0.351 e. The van der Waals surface area contributed by atoms with Crippen molar-refractivity contribution in [3.05, 3.63) is 64.8 Å². The Labute approximate surface area is 140 Å². The number of amides is 1. The van der Waals surface area contributed by atoms with Crippen molar-refractivity contribution in [3.8, 4) is 0 Å². The molecule has 1 N–H and O–H groups in total. The number of fused-ring (bicyclic) bond motifs is 1. The number of carbonyl (C=O) groups excluding carboxylic acids is 1. The zero-order valence-electron chi connectivity index (χ0n) is 12.5. The average molecular weight is 353 g/mol. The lowest BCUT2D eigenvalue weighted by Crippen LogP contribution is -2.13. The molecule has 0 radical (unpaired) electrons. The van der Waals surface area contributed by atoms with Crippen LogP contribution in [0.1, 0.15) is 15.9 Å². The topological polar surface area (TPSA) is 34.0 Å². The highest BCUT2D eigenvalue weighted by Crippen LogP contribution is 2.34. The van der Waals surface area contributed by atoms with E-state index in [9.17, 15) is 18.0 Å². The molecule has 2 aromatic carbocycles. The Hall–Kier alpha value is -2.47. The van der Waals surface area contributed by atoms with Gasteiger partial charge in [0.1, 0.15) is 0 Å². The van der Waals surface area contributed by atoms with Crippen LogP contribution in [0.2, 0.25) is 5.02 Å². The van der Waals surface area contributed by atoms with Gasteiger partial charge in [-0.3, -0.25) is 4.79 Å². The molecular formula is C17H12ClF3N2O. The quantitative estimate of drug-likeness (QED) is 0.683. The van der Waals surface area contributed by atoms with Crippen LogP contribution in [0.4, 0.5) is 18.9 Å². The Balaban J connectivity index is 1.92. The SMILES string of the molecule is Cn1ccc2ccc(C(=O)Nc3cc(C(F)(F)F)ccc3Cl)cc21. The minimum absolute atomic E-state index is 0.0382. The highest BCUT2D eigenvalue weighted by molar-refractivity contribution is 6.34. The van der Waals surface area contributed by atoms with Crippen LogP contribution in [-0.4, -0.2) is 10.5 Å². The summed E-state index contributed by atoms with van der Waals surface area (Å²) >= 11 is 5.89. The number of alkyl halides is 3. The minimum atomic E-state index is -4.51. The zero-order chi connectivity index (χ0) is 17.5. The Kier molecular flexibility index (Phi) is 4.01. The number of aromatic nitrogens is 1. The molecule has 3 rings (SSSR count). The van der Waals surface area contributed by atoms with Crippen molar-refractivity contribution in [2.45, 2.75) is 6.18 Å². The number of carbonyl (C=O) groups is 1. The third-order valence-corrected chi connectivity index (χ3v) is 4.02. The van der Waals surface area contributed by atoms with Crippen molar-refractivity contribution < 1.29 is 18.0 Å². The van der Waals surface area contributed by atoms with Gasteiger partial charge in [-0.05, 0) is 41.8 Å². The van der Waals surface area contributed by atoms with E-state index in [0.717, 1.165) is 29.1 Å². The first-order valence-corrected chi connectivity index (χ1v) is 7.37. The van der Waals surface area contributed by atoms with Gasteiger partial charge in [-0.1, -0.05) is 17.7 Å². The van der Waals surface area contributed by atoms with Gasteiger partial charge in [0.2, 0.25) is 0 Å². The molecule has 0 bridgehead atoms. The Bertz CT molecular complexity index is 931. The first-order chi connectivity index (χ1) is 11.3. The highest BCUT2D eigenvalue weighted by atomic mass is 35.5. The maximum atomic E-state index is 12.8. The molecule has 0 unspecified atom stereocenters. The second kappa shape index (κ2) is 5.87. The maximum Gasteiger partial charge on any atom is 0.416 e. The van der Waals surface area contributed by atoms with Gasteiger partial charge >= 0.3 is 6.18 Å². The van der Waals surface area contributed by atoms with Crippen molar-refractivity contribution in [2.75, 3.05) is 5.32 Å². The molecule has 24 heavy (non-hydrogen) atoms. The molecule has 3 nitrogen and oxygen atoms in total.